The third-order valence-electron chi connectivity index (χ3n) is 6.89. The summed E-state index contributed by atoms with van der Waals surface area (Å²) in [4.78, 5) is 28.5. The summed E-state index contributed by atoms with van der Waals surface area (Å²) >= 11 is 1.54. The highest BCUT2D eigenvalue weighted by molar-refractivity contribution is 8.00. The van der Waals surface area contributed by atoms with Crippen molar-refractivity contribution in [2.24, 2.45) is 0 Å². The molecular formula is C30H36N4O5S. The molecule has 2 aliphatic rings. The summed E-state index contributed by atoms with van der Waals surface area (Å²) in [6.45, 7) is 9.50. The monoisotopic (exact) mass is 564 g/mol. The molecule has 2 amide bonds. The average molecular weight is 565 g/mol. The van der Waals surface area contributed by atoms with Gasteiger partial charge in [0.1, 0.15) is 12.4 Å². The van der Waals surface area contributed by atoms with Crippen molar-refractivity contribution in [3.05, 3.63) is 64.8 Å². The van der Waals surface area contributed by atoms with Crippen LogP contribution in [0.15, 0.2) is 42.5 Å². The van der Waals surface area contributed by atoms with E-state index in [-0.39, 0.29) is 41.6 Å². The van der Waals surface area contributed by atoms with Gasteiger partial charge in [0.15, 0.2) is 11.5 Å². The number of carbonyl (C=O) groups is 2. The summed E-state index contributed by atoms with van der Waals surface area (Å²) in [5, 5.41) is 7.87. The van der Waals surface area contributed by atoms with Crippen molar-refractivity contribution in [2.75, 3.05) is 44.3 Å². The van der Waals surface area contributed by atoms with Gasteiger partial charge in [0, 0.05) is 31.2 Å². The minimum absolute atomic E-state index is 0.103. The second-order valence-electron chi connectivity index (χ2n) is 11.1. The van der Waals surface area contributed by atoms with Gasteiger partial charge in [-0.25, -0.2) is 4.68 Å². The van der Waals surface area contributed by atoms with E-state index in [0.717, 1.165) is 28.1 Å². The topological polar surface area (TPSA) is 94.9 Å². The van der Waals surface area contributed by atoms with Crippen molar-refractivity contribution < 1.29 is 23.8 Å². The molecule has 0 unspecified atom stereocenters. The van der Waals surface area contributed by atoms with Crippen LogP contribution in [0.1, 0.15) is 54.8 Å². The van der Waals surface area contributed by atoms with E-state index in [0.29, 0.717) is 36.9 Å². The number of hydrogen-bond acceptors (Lipinski definition) is 7. The van der Waals surface area contributed by atoms with Gasteiger partial charge >= 0.3 is 0 Å². The Labute approximate surface area is 239 Å². The van der Waals surface area contributed by atoms with Crippen molar-refractivity contribution >= 4 is 29.4 Å². The maximum Gasteiger partial charge on any atom is 0.240 e. The first-order valence-electron chi connectivity index (χ1n) is 13.4. The van der Waals surface area contributed by atoms with Crippen molar-refractivity contribution in [1.29, 1.82) is 0 Å². The maximum atomic E-state index is 13.8. The van der Waals surface area contributed by atoms with Crippen LogP contribution in [0.2, 0.25) is 0 Å². The van der Waals surface area contributed by atoms with E-state index in [9.17, 15) is 9.59 Å². The molecule has 0 saturated carbocycles. The number of nitrogens with one attached hydrogen (secondary N) is 1. The molecular weight excluding hydrogens is 528 g/mol. The molecule has 2 aromatic carbocycles. The number of nitrogens with zero attached hydrogens (tertiary/aromatic N) is 3. The maximum absolute atomic E-state index is 13.8. The van der Waals surface area contributed by atoms with Crippen LogP contribution in [0.25, 0.3) is 5.69 Å². The number of aryl methyl sites for hydroxylation is 1. The zero-order valence-electron chi connectivity index (χ0n) is 23.7. The SMILES string of the molecule is COCCCNC(=O)CN1C(=O)CS[C@@H](c2ccc3c(c2)OCO3)c2c(C(C)(C)C)nn(-c3cccc(C)c3)c21. The minimum Gasteiger partial charge on any atom is -0.454 e. The zero-order valence-corrected chi connectivity index (χ0v) is 24.5. The largest absolute Gasteiger partial charge is 0.454 e. The van der Waals surface area contributed by atoms with Crippen molar-refractivity contribution in [3.63, 3.8) is 0 Å². The van der Waals surface area contributed by atoms with E-state index in [4.69, 9.17) is 19.3 Å². The number of methoxy groups -OCH3 is 1. The van der Waals surface area contributed by atoms with E-state index in [2.05, 4.69) is 26.1 Å². The highest BCUT2D eigenvalue weighted by Crippen LogP contribution is 2.49. The van der Waals surface area contributed by atoms with Gasteiger partial charge in [0.25, 0.3) is 0 Å². The minimum atomic E-state index is -0.338. The van der Waals surface area contributed by atoms with Crippen LogP contribution in [-0.4, -0.2) is 60.9 Å². The molecule has 0 bridgehead atoms. The molecule has 10 heteroatoms. The van der Waals surface area contributed by atoms with Crippen LogP contribution in [0, 0.1) is 6.92 Å². The first kappa shape index (κ1) is 28.0. The van der Waals surface area contributed by atoms with Gasteiger partial charge in [-0.05, 0) is 48.7 Å². The van der Waals surface area contributed by atoms with Crippen LogP contribution in [-0.2, 0) is 19.7 Å². The number of anilines is 1. The lowest BCUT2D eigenvalue weighted by molar-refractivity contribution is -0.122. The standard InChI is InChI=1S/C30H36N4O5S/c1-19-8-6-9-21(14-19)34-29-26(28(32-34)30(2,3)4)27(20-10-11-22-23(15-20)39-18-38-22)40-17-25(36)33(29)16-24(35)31-12-7-13-37-5/h6,8-11,14-15,27H,7,12-13,16-18H2,1-5H3,(H,31,35)/t27-/m0/s1. The Kier molecular flexibility index (Phi) is 8.09. The highest BCUT2D eigenvalue weighted by Gasteiger charge is 2.40. The second-order valence-corrected chi connectivity index (χ2v) is 12.2. The van der Waals surface area contributed by atoms with Crippen molar-refractivity contribution in [1.82, 2.24) is 15.1 Å². The van der Waals surface area contributed by atoms with E-state index in [1.807, 2.05) is 54.1 Å². The number of thioether (sulfide) groups is 1. The van der Waals surface area contributed by atoms with Crippen LogP contribution in [0.4, 0.5) is 5.82 Å². The summed E-state index contributed by atoms with van der Waals surface area (Å²) in [6.07, 6.45) is 0.693. The second kappa shape index (κ2) is 11.5. The lowest BCUT2D eigenvalue weighted by atomic mass is 9.87. The number of aromatic nitrogens is 2. The number of ether oxygens (including phenoxy) is 3. The molecule has 9 nitrogen and oxygen atoms in total. The molecule has 3 aromatic rings. The lowest BCUT2D eigenvalue weighted by Gasteiger charge is -2.24. The number of amides is 2. The molecule has 3 heterocycles. The fraction of sp³-hybridized carbons (Fsp3) is 0.433. The number of fused-ring (bicyclic) bond motifs is 2. The smallest absolute Gasteiger partial charge is 0.240 e. The van der Waals surface area contributed by atoms with Gasteiger partial charge in [0.2, 0.25) is 18.6 Å². The molecule has 212 valence electrons. The molecule has 1 atom stereocenters. The van der Waals surface area contributed by atoms with Crippen LogP contribution in [0.5, 0.6) is 11.5 Å². The number of carbonyl (C=O) groups excluding carboxylic acids is 2. The molecule has 1 N–H and O–H groups in total. The Bertz CT molecular complexity index is 1410. The van der Waals surface area contributed by atoms with Crippen LogP contribution >= 0.6 is 11.8 Å². The summed E-state index contributed by atoms with van der Waals surface area (Å²) in [5.74, 6) is 1.86. The van der Waals surface area contributed by atoms with Gasteiger partial charge in [-0.1, -0.05) is 39.0 Å². The molecule has 0 fully saturated rings. The third-order valence-corrected chi connectivity index (χ3v) is 8.15. The number of hydrogen-bond donors (Lipinski definition) is 1. The Balaban J connectivity index is 1.67. The summed E-state index contributed by atoms with van der Waals surface area (Å²) in [6, 6.07) is 14.0. The van der Waals surface area contributed by atoms with Gasteiger partial charge in [-0.2, -0.15) is 5.10 Å². The molecule has 0 aliphatic carbocycles. The van der Waals surface area contributed by atoms with Crippen molar-refractivity contribution in [2.45, 2.75) is 44.8 Å². The Morgan fingerprint density at radius 3 is 2.73 bits per heavy atom. The number of benzene rings is 2. The van der Waals surface area contributed by atoms with E-state index < -0.39 is 0 Å². The molecule has 0 spiro atoms. The highest BCUT2D eigenvalue weighted by atomic mass is 32.2. The Morgan fingerprint density at radius 2 is 1.98 bits per heavy atom. The van der Waals surface area contributed by atoms with Crippen LogP contribution < -0.4 is 19.7 Å². The molecule has 2 aliphatic heterocycles. The normalized spacial score (nSPS) is 16.6. The Hall–Kier alpha value is -3.50. The first-order chi connectivity index (χ1) is 19.2. The number of rotatable bonds is 8. The Morgan fingerprint density at radius 1 is 1.18 bits per heavy atom. The zero-order chi connectivity index (χ0) is 28.4. The quantitative estimate of drug-likeness (QED) is 0.402. The predicted molar refractivity (Wildman–Crippen MR) is 156 cm³/mol. The van der Waals surface area contributed by atoms with Crippen LogP contribution in [0.3, 0.4) is 0 Å². The third kappa shape index (κ3) is 5.69. The molecule has 5 rings (SSSR count). The molecule has 1 aromatic heterocycles. The van der Waals surface area contributed by atoms with Gasteiger partial charge in [0.05, 0.1) is 22.4 Å². The lowest BCUT2D eigenvalue weighted by Crippen LogP contribution is -2.42. The fourth-order valence-corrected chi connectivity index (χ4v) is 6.18. The van der Waals surface area contributed by atoms with E-state index in [1.165, 1.54) is 0 Å². The first-order valence-corrected chi connectivity index (χ1v) is 14.5. The van der Waals surface area contributed by atoms with E-state index >= 15 is 0 Å². The summed E-state index contributed by atoms with van der Waals surface area (Å²) in [5.41, 5.74) is 4.36. The van der Waals surface area contributed by atoms with E-state index in [1.54, 1.807) is 23.8 Å². The van der Waals surface area contributed by atoms with Gasteiger partial charge in [-0.3, -0.25) is 14.5 Å². The fourth-order valence-electron chi connectivity index (χ4n) is 5.00. The molecule has 40 heavy (non-hydrogen) atoms. The molecule has 0 radical (unpaired) electrons. The predicted octanol–water partition coefficient (Wildman–Crippen LogP) is 4.53. The summed E-state index contributed by atoms with van der Waals surface area (Å²) < 4.78 is 18.2. The van der Waals surface area contributed by atoms with Gasteiger partial charge in [-0.15, -0.1) is 11.8 Å². The molecule has 0 saturated heterocycles. The average Bonchev–Trinajstić information content (AvgIpc) is 3.52. The summed E-state index contributed by atoms with van der Waals surface area (Å²) in [7, 11) is 1.63. The van der Waals surface area contributed by atoms with Gasteiger partial charge < -0.3 is 19.5 Å². The van der Waals surface area contributed by atoms with Crippen molar-refractivity contribution in [3.8, 4) is 17.2 Å².